The number of carboxylic acids is 1. The number of nitrogens with two attached hydrogens (primary N) is 1. The molecule has 0 aliphatic carbocycles. The lowest BCUT2D eigenvalue weighted by Gasteiger charge is -2.14. The monoisotopic (exact) mass is 310 g/mol. The van der Waals surface area contributed by atoms with Crippen molar-refractivity contribution in [3.63, 3.8) is 0 Å². The number of ether oxygens (including phenoxy) is 3. The molecule has 0 saturated heterocycles. The Kier molecular flexibility index (Phi) is 4.18. The Balaban J connectivity index is 2.64. The van der Waals surface area contributed by atoms with Crippen molar-refractivity contribution in [2.75, 3.05) is 27.1 Å². The Labute approximate surface area is 124 Å². The van der Waals surface area contributed by atoms with Crippen molar-refractivity contribution >= 4 is 22.3 Å². The van der Waals surface area contributed by atoms with Crippen LogP contribution < -0.4 is 19.9 Å². The van der Waals surface area contributed by atoms with Crippen LogP contribution >= 0.6 is 11.3 Å². The van der Waals surface area contributed by atoms with Crippen molar-refractivity contribution < 1.29 is 24.1 Å². The standard InChI is InChI=1S/C13H14N2O5S/c1-18-7-5-4-6(9(19-2)10(7)20-3)12-15-8(13(16)17)11(14)21-12/h4-5H,14H2,1-3H3,(H,16,17). The fourth-order valence-corrected chi connectivity index (χ4v) is 2.72. The van der Waals surface area contributed by atoms with Crippen molar-refractivity contribution in [1.29, 1.82) is 0 Å². The molecule has 0 bridgehead atoms. The van der Waals surface area contributed by atoms with E-state index in [0.717, 1.165) is 11.3 Å². The van der Waals surface area contributed by atoms with Crippen molar-refractivity contribution in [1.82, 2.24) is 4.98 Å². The maximum Gasteiger partial charge on any atom is 0.357 e. The van der Waals surface area contributed by atoms with Crippen LogP contribution in [0.15, 0.2) is 12.1 Å². The van der Waals surface area contributed by atoms with E-state index in [2.05, 4.69) is 4.98 Å². The number of hydrogen-bond donors (Lipinski definition) is 2. The Hall–Kier alpha value is -2.48. The summed E-state index contributed by atoms with van der Waals surface area (Å²) in [6, 6.07) is 3.40. The molecule has 0 radical (unpaired) electrons. The van der Waals surface area contributed by atoms with E-state index in [1.807, 2.05) is 0 Å². The molecule has 1 heterocycles. The molecule has 2 rings (SSSR count). The second-order valence-corrected chi connectivity index (χ2v) is 4.95. The number of aromatic carboxylic acids is 1. The fourth-order valence-electron chi connectivity index (χ4n) is 1.87. The highest BCUT2D eigenvalue weighted by molar-refractivity contribution is 7.19. The SMILES string of the molecule is COc1ccc(-c2nc(C(=O)O)c(N)s2)c(OC)c1OC. The van der Waals surface area contributed by atoms with E-state index in [9.17, 15) is 4.79 Å². The molecular weight excluding hydrogens is 296 g/mol. The molecule has 2 aromatic rings. The highest BCUT2D eigenvalue weighted by Crippen LogP contribution is 2.45. The average molecular weight is 310 g/mol. The number of benzene rings is 1. The second kappa shape index (κ2) is 5.88. The van der Waals surface area contributed by atoms with Gasteiger partial charge in [-0.05, 0) is 12.1 Å². The van der Waals surface area contributed by atoms with Gasteiger partial charge in [-0.25, -0.2) is 9.78 Å². The maximum atomic E-state index is 11.0. The van der Waals surface area contributed by atoms with Crippen LogP contribution in [0.1, 0.15) is 10.5 Å². The van der Waals surface area contributed by atoms with Crippen molar-refractivity contribution in [3.8, 4) is 27.8 Å². The number of nitrogens with zero attached hydrogens (tertiary/aromatic N) is 1. The normalized spacial score (nSPS) is 10.2. The van der Waals surface area contributed by atoms with Gasteiger partial charge >= 0.3 is 5.97 Å². The highest BCUT2D eigenvalue weighted by Gasteiger charge is 2.22. The van der Waals surface area contributed by atoms with E-state index in [1.165, 1.54) is 21.3 Å². The van der Waals surface area contributed by atoms with Crippen LogP contribution in [0.5, 0.6) is 17.2 Å². The molecule has 0 spiro atoms. The number of carbonyl (C=O) groups is 1. The number of aromatic nitrogens is 1. The summed E-state index contributed by atoms with van der Waals surface area (Å²) in [5, 5.41) is 9.59. The summed E-state index contributed by atoms with van der Waals surface area (Å²) < 4.78 is 15.8. The Morgan fingerprint density at radius 2 is 1.86 bits per heavy atom. The summed E-state index contributed by atoms with van der Waals surface area (Å²) in [7, 11) is 4.49. The van der Waals surface area contributed by atoms with Crippen LogP contribution in [0.2, 0.25) is 0 Å². The minimum atomic E-state index is -1.17. The van der Waals surface area contributed by atoms with E-state index in [1.54, 1.807) is 12.1 Å². The molecule has 1 aromatic carbocycles. The zero-order valence-electron chi connectivity index (χ0n) is 11.7. The number of anilines is 1. The van der Waals surface area contributed by atoms with Crippen molar-refractivity contribution in [2.24, 2.45) is 0 Å². The second-order valence-electron chi connectivity index (χ2n) is 3.92. The highest BCUT2D eigenvalue weighted by atomic mass is 32.1. The average Bonchev–Trinajstić information content (AvgIpc) is 2.87. The predicted molar refractivity (Wildman–Crippen MR) is 78.6 cm³/mol. The largest absolute Gasteiger partial charge is 0.493 e. The van der Waals surface area contributed by atoms with Crippen LogP contribution in [0.3, 0.4) is 0 Å². The third kappa shape index (κ3) is 2.57. The van der Waals surface area contributed by atoms with E-state index >= 15 is 0 Å². The van der Waals surface area contributed by atoms with Crippen LogP contribution in [0.4, 0.5) is 5.00 Å². The summed E-state index contributed by atoms with van der Waals surface area (Å²) in [6.07, 6.45) is 0. The number of methoxy groups -OCH3 is 3. The molecule has 0 atom stereocenters. The first-order valence-corrected chi connectivity index (χ1v) is 6.64. The molecule has 7 nitrogen and oxygen atoms in total. The van der Waals surface area contributed by atoms with Gasteiger partial charge in [-0.3, -0.25) is 0 Å². The Bertz CT molecular complexity index is 683. The summed E-state index contributed by atoms with van der Waals surface area (Å²) in [5.74, 6) is 0.140. The van der Waals surface area contributed by atoms with Gasteiger partial charge in [-0.15, -0.1) is 0 Å². The van der Waals surface area contributed by atoms with Gasteiger partial charge in [0.05, 0.1) is 26.9 Å². The van der Waals surface area contributed by atoms with Gasteiger partial charge in [0.15, 0.2) is 17.2 Å². The summed E-state index contributed by atoms with van der Waals surface area (Å²) in [4.78, 5) is 15.1. The van der Waals surface area contributed by atoms with Crippen LogP contribution in [0, 0.1) is 0 Å². The third-order valence-electron chi connectivity index (χ3n) is 2.79. The molecule has 21 heavy (non-hydrogen) atoms. The molecule has 0 unspecified atom stereocenters. The predicted octanol–water partition coefficient (Wildman–Crippen LogP) is 2.12. The van der Waals surface area contributed by atoms with E-state index < -0.39 is 5.97 Å². The zero-order valence-corrected chi connectivity index (χ0v) is 12.5. The van der Waals surface area contributed by atoms with Gasteiger partial charge in [0.25, 0.3) is 0 Å². The van der Waals surface area contributed by atoms with Gasteiger partial charge in [0, 0.05) is 0 Å². The quantitative estimate of drug-likeness (QED) is 0.871. The molecule has 8 heteroatoms. The minimum absolute atomic E-state index is 0.134. The molecule has 0 aliphatic rings. The van der Waals surface area contributed by atoms with E-state index in [-0.39, 0.29) is 10.7 Å². The van der Waals surface area contributed by atoms with Crippen LogP contribution in [-0.2, 0) is 0 Å². The summed E-state index contributed by atoms with van der Waals surface area (Å²) in [5.41, 5.74) is 6.08. The number of nitrogen functional groups attached to an aromatic ring is 1. The molecular formula is C13H14N2O5S. The molecule has 0 fully saturated rings. The van der Waals surface area contributed by atoms with Crippen molar-refractivity contribution in [2.45, 2.75) is 0 Å². The van der Waals surface area contributed by atoms with Gasteiger partial charge < -0.3 is 25.1 Å². The fraction of sp³-hybridized carbons (Fsp3) is 0.231. The Morgan fingerprint density at radius 1 is 1.19 bits per heavy atom. The first-order chi connectivity index (χ1) is 10.0. The molecule has 3 N–H and O–H groups in total. The van der Waals surface area contributed by atoms with Crippen LogP contribution in [-0.4, -0.2) is 37.4 Å². The number of carboxylic acid groups (broad SMARTS) is 1. The van der Waals surface area contributed by atoms with E-state index in [0.29, 0.717) is 27.8 Å². The summed E-state index contributed by atoms with van der Waals surface area (Å²) >= 11 is 1.07. The Morgan fingerprint density at radius 3 is 2.33 bits per heavy atom. The third-order valence-corrected chi connectivity index (χ3v) is 3.71. The molecule has 112 valence electrons. The summed E-state index contributed by atoms with van der Waals surface area (Å²) in [6.45, 7) is 0. The van der Waals surface area contributed by atoms with E-state index in [4.69, 9.17) is 25.1 Å². The number of rotatable bonds is 5. The lowest BCUT2D eigenvalue weighted by atomic mass is 10.1. The molecule has 0 aliphatic heterocycles. The number of hydrogen-bond acceptors (Lipinski definition) is 7. The minimum Gasteiger partial charge on any atom is -0.493 e. The lowest BCUT2D eigenvalue weighted by molar-refractivity contribution is 0.0692. The maximum absolute atomic E-state index is 11.0. The number of thiazole rings is 1. The first kappa shape index (κ1) is 14.9. The topological polar surface area (TPSA) is 104 Å². The zero-order chi connectivity index (χ0) is 15.6. The smallest absolute Gasteiger partial charge is 0.357 e. The molecule has 0 amide bonds. The van der Waals surface area contributed by atoms with Gasteiger partial charge in [0.1, 0.15) is 10.0 Å². The first-order valence-electron chi connectivity index (χ1n) is 5.82. The van der Waals surface area contributed by atoms with Crippen molar-refractivity contribution in [3.05, 3.63) is 17.8 Å². The van der Waals surface area contributed by atoms with Gasteiger partial charge in [-0.1, -0.05) is 11.3 Å². The lowest BCUT2D eigenvalue weighted by Crippen LogP contribution is -2.00. The van der Waals surface area contributed by atoms with Crippen LogP contribution in [0.25, 0.3) is 10.6 Å². The van der Waals surface area contributed by atoms with Gasteiger partial charge in [-0.2, -0.15) is 0 Å². The molecule has 1 aromatic heterocycles. The molecule has 0 saturated carbocycles. The van der Waals surface area contributed by atoms with Gasteiger partial charge in [0.2, 0.25) is 5.75 Å².